The molecule has 0 radical (unpaired) electrons. The van der Waals surface area contributed by atoms with E-state index < -0.39 is 5.60 Å². The van der Waals surface area contributed by atoms with Crippen molar-refractivity contribution in [3.05, 3.63) is 60.1 Å². The fourth-order valence-corrected chi connectivity index (χ4v) is 1.92. The predicted molar refractivity (Wildman–Crippen MR) is 64.6 cm³/mol. The topological polar surface area (TPSA) is 42.6 Å². The number of hydrogen-bond donors (Lipinski definition) is 1. The van der Waals surface area contributed by atoms with Gasteiger partial charge in [-0.3, -0.25) is 0 Å². The van der Waals surface area contributed by atoms with Crippen molar-refractivity contribution in [2.45, 2.75) is 12.0 Å². The lowest BCUT2D eigenvalue weighted by Crippen LogP contribution is -2.33. The fourth-order valence-electron chi connectivity index (χ4n) is 1.92. The first-order valence-corrected chi connectivity index (χ1v) is 5.54. The van der Waals surface area contributed by atoms with E-state index in [9.17, 15) is 5.11 Å². The van der Waals surface area contributed by atoms with Gasteiger partial charge in [-0.2, -0.15) is 0 Å². The zero-order valence-corrected chi connectivity index (χ0v) is 9.80. The minimum atomic E-state index is -1.05. The molecule has 1 N–H and O–H groups in total. The molecule has 90 valence electrons. The lowest BCUT2D eigenvalue weighted by molar-refractivity contribution is -0.0386. The van der Waals surface area contributed by atoms with E-state index >= 15 is 0 Å². The standard InChI is InChI=1S/C14H16O3/c1-16-11-14(15,10-13-8-5-9-17-13)12-6-3-2-4-7-12/h2-9,15H,10-11H2,1H3. The maximum Gasteiger partial charge on any atom is 0.120 e. The summed E-state index contributed by atoms with van der Waals surface area (Å²) in [5.41, 5.74) is -0.216. The van der Waals surface area contributed by atoms with Crippen LogP contribution in [0, 0.1) is 0 Å². The molecule has 0 aliphatic heterocycles. The molecule has 1 atom stereocenters. The van der Waals surface area contributed by atoms with Gasteiger partial charge in [0.2, 0.25) is 0 Å². The van der Waals surface area contributed by atoms with Crippen molar-refractivity contribution in [2.24, 2.45) is 0 Å². The third-order valence-corrected chi connectivity index (χ3v) is 2.74. The summed E-state index contributed by atoms with van der Waals surface area (Å²) in [6, 6.07) is 13.2. The molecule has 0 amide bonds. The van der Waals surface area contributed by atoms with Crippen LogP contribution in [0.2, 0.25) is 0 Å². The first-order chi connectivity index (χ1) is 8.24. The number of furan rings is 1. The van der Waals surface area contributed by atoms with Gasteiger partial charge in [0.05, 0.1) is 12.9 Å². The Labute approximate surface area is 101 Å². The van der Waals surface area contributed by atoms with Gasteiger partial charge in [0.1, 0.15) is 11.4 Å². The Morgan fingerprint density at radius 1 is 1.18 bits per heavy atom. The normalized spacial score (nSPS) is 14.5. The molecule has 1 unspecified atom stereocenters. The maximum absolute atomic E-state index is 10.7. The molecule has 0 fully saturated rings. The minimum absolute atomic E-state index is 0.234. The molecule has 0 saturated heterocycles. The zero-order valence-electron chi connectivity index (χ0n) is 9.80. The number of hydrogen-bond acceptors (Lipinski definition) is 3. The molecule has 1 aromatic heterocycles. The molecule has 2 rings (SSSR count). The van der Waals surface area contributed by atoms with E-state index in [1.165, 1.54) is 0 Å². The van der Waals surface area contributed by atoms with Gasteiger partial charge in [-0.25, -0.2) is 0 Å². The smallest absolute Gasteiger partial charge is 0.120 e. The maximum atomic E-state index is 10.7. The Kier molecular flexibility index (Phi) is 3.61. The highest BCUT2D eigenvalue weighted by atomic mass is 16.5. The van der Waals surface area contributed by atoms with Crippen LogP contribution in [0.3, 0.4) is 0 Å². The van der Waals surface area contributed by atoms with Crippen molar-refractivity contribution in [1.82, 2.24) is 0 Å². The van der Waals surface area contributed by atoms with Crippen LogP contribution in [0.4, 0.5) is 0 Å². The summed E-state index contributed by atoms with van der Waals surface area (Å²) in [6.45, 7) is 0.234. The first-order valence-electron chi connectivity index (χ1n) is 5.54. The van der Waals surface area contributed by atoms with Gasteiger partial charge in [0.15, 0.2) is 0 Å². The summed E-state index contributed by atoms with van der Waals surface area (Å²) in [7, 11) is 1.58. The molecule has 0 aliphatic rings. The molecule has 1 heterocycles. The van der Waals surface area contributed by atoms with Crippen LogP contribution >= 0.6 is 0 Å². The average Bonchev–Trinajstić information content (AvgIpc) is 2.83. The molecule has 3 nitrogen and oxygen atoms in total. The van der Waals surface area contributed by atoms with E-state index in [4.69, 9.17) is 9.15 Å². The zero-order chi connectivity index (χ0) is 12.1. The van der Waals surface area contributed by atoms with E-state index in [2.05, 4.69) is 0 Å². The second kappa shape index (κ2) is 5.17. The summed E-state index contributed by atoms with van der Waals surface area (Å²) in [5, 5.41) is 10.7. The molecule has 0 saturated carbocycles. The highest BCUT2D eigenvalue weighted by molar-refractivity contribution is 5.24. The summed E-state index contributed by atoms with van der Waals surface area (Å²) in [5.74, 6) is 0.744. The summed E-state index contributed by atoms with van der Waals surface area (Å²) < 4.78 is 10.4. The number of ether oxygens (including phenoxy) is 1. The van der Waals surface area contributed by atoms with Crippen LogP contribution in [0.5, 0.6) is 0 Å². The van der Waals surface area contributed by atoms with Gasteiger partial charge in [-0.05, 0) is 17.7 Å². The van der Waals surface area contributed by atoms with Crippen LogP contribution in [0.1, 0.15) is 11.3 Å². The van der Waals surface area contributed by atoms with Crippen molar-refractivity contribution >= 4 is 0 Å². The van der Waals surface area contributed by atoms with Crippen LogP contribution in [-0.2, 0) is 16.8 Å². The van der Waals surface area contributed by atoms with Crippen molar-refractivity contribution in [1.29, 1.82) is 0 Å². The summed E-state index contributed by atoms with van der Waals surface area (Å²) >= 11 is 0. The lowest BCUT2D eigenvalue weighted by atomic mass is 9.90. The Balaban J connectivity index is 2.26. The third kappa shape index (κ3) is 2.75. The third-order valence-electron chi connectivity index (χ3n) is 2.74. The number of methoxy groups -OCH3 is 1. The Morgan fingerprint density at radius 3 is 2.53 bits per heavy atom. The number of aliphatic hydroxyl groups is 1. The van der Waals surface area contributed by atoms with Crippen LogP contribution in [0.25, 0.3) is 0 Å². The first kappa shape index (κ1) is 11.9. The molecule has 17 heavy (non-hydrogen) atoms. The van der Waals surface area contributed by atoms with Crippen molar-refractivity contribution < 1.29 is 14.3 Å². The molecular formula is C14H16O3. The Bertz CT molecular complexity index is 436. The SMILES string of the molecule is COCC(O)(Cc1ccco1)c1ccccc1. The average molecular weight is 232 g/mol. The van der Waals surface area contributed by atoms with Crippen molar-refractivity contribution in [2.75, 3.05) is 13.7 Å². The minimum Gasteiger partial charge on any atom is -0.469 e. The quantitative estimate of drug-likeness (QED) is 0.860. The second-order valence-electron chi connectivity index (χ2n) is 4.09. The molecule has 3 heteroatoms. The van der Waals surface area contributed by atoms with Crippen LogP contribution in [0.15, 0.2) is 53.1 Å². The molecular weight excluding hydrogens is 216 g/mol. The highest BCUT2D eigenvalue weighted by Gasteiger charge is 2.30. The van der Waals surface area contributed by atoms with Crippen molar-refractivity contribution in [3.63, 3.8) is 0 Å². The van der Waals surface area contributed by atoms with Crippen LogP contribution < -0.4 is 0 Å². The summed E-state index contributed by atoms with van der Waals surface area (Å²) in [6.07, 6.45) is 2.01. The second-order valence-corrected chi connectivity index (χ2v) is 4.09. The highest BCUT2D eigenvalue weighted by Crippen LogP contribution is 2.26. The van der Waals surface area contributed by atoms with Gasteiger partial charge in [-0.1, -0.05) is 30.3 Å². The van der Waals surface area contributed by atoms with Gasteiger partial charge in [0.25, 0.3) is 0 Å². The molecule has 1 aromatic carbocycles. The van der Waals surface area contributed by atoms with Crippen LogP contribution in [-0.4, -0.2) is 18.8 Å². The molecule has 0 bridgehead atoms. The van der Waals surface area contributed by atoms with Gasteiger partial charge in [-0.15, -0.1) is 0 Å². The predicted octanol–water partition coefficient (Wildman–Crippen LogP) is 2.36. The molecule has 0 aliphatic carbocycles. The Hall–Kier alpha value is -1.58. The van der Waals surface area contributed by atoms with E-state index in [-0.39, 0.29) is 6.61 Å². The Morgan fingerprint density at radius 2 is 1.94 bits per heavy atom. The van der Waals surface area contributed by atoms with E-state index in [1.807, 2.05) is 42.5 Å². The van der Waals surface area contributed by atoms with E-state index in [1.54, 1.807) is 13.4 Å². The largest absolute Gasteiger partial charge is 0.469 e. The molecule has 2 aromatic rings. The summed E-state index contributed by atoms with van der Waals surface area (Å²) in [4.78, 5) is 0. The monoisotopic (exact) mass is 232 g/mol. The van der Waals surface area contributed by atoms with Gasteiger partial charge >= 0.3 is 0 Å². The van der Waals surface area contributed by atoms with Crippen molar-refractivity contribution in [3.8, 4) is 0 Å². The number of rotatable bonds is 5. The number of benzene rings is 1. The van der Waals surface area contributed by atoms with Gasteiger partial charge < -0.3 is 14.3 Å². The molecule has 0 spiro atoms. The fraction of sp³-hybridized carbons (Fsp3) is 0.286. The van der Waals surface area contributed by atoms with Gasteiger partial charge in [0, 0.05) is 13.5 Å². The lowest BCUT2D eigenvalue weighted by Gasteiger charge is -2.27. The van der Waals surface area contributed by atoms with E-state index in [0.29, 0.717) is 6.42 Å². The van der Waals surface area contributed by atoms with E-state index in [0.717, 1.165) is 11.3 Å².